The quantitative estimate of drug-likeness (QED) is 0.712. The number of aliphatic hydroxyl groups is 1. The molecule has 2 rings (SSSR count). The normalized spacial score (nSPS) is 16.2. The van der Waals surface area contributed by atoms with E-state index in [0.717, 1.165) is 5.56 Å². The molecule has 16 heavy (non-hydrogen) atoms. The van der Waals surface area contributed by atoms with E-state index in [1.54, 1.807) is 13.8 Å². The van der Waals surface area contributed by atoms with Crippen molar-refractivity contribution in [3.05, 3.63) is 35.4 Å². The van der Waals surface area contributed by atoms with Crippen LogP contribution in [0.5, 0.6) is 0 Å². The first kappa shape index (κ1) is 11.2. The van der Waals surface area contributed by atoms with Gasteiger partial charge in [-0.3, -0.25) is 0 Å². The van der Waals surface area contributed by atoms with E-state index in [1.165, 1.54) is 24.8 Å². The van der Waals surface area contributed by atoms with Crippen LogP contribution in [0.4, 0.5) is 0 Å². The van der Waals surface area contributed by atoms with Gasteiger partial charge in [0.05, 0.1) is 0 Å². The zero-order valence-corrected chi connectivity index (χ0v) is 9.96. The third-order valence-electron chi connectivity index (χ3n) is 3.01. The molecule has 1 heteroatoms. The van der Waals surface area contributed by atoms with Gasteiger partial charge < -0.3 is 5.11 Å². The monoisotopic (exact) mass is 214 g/mol. The average molecular weight is 214 g/mol. The van der Waals surface area contributed by atoms with Gasteiger partial charge in [-0.05, 0) is 44.2 Å². The Bertz CT molecular complexity index is 425. The lowest BCUT2D eigenvalue weighted by Gasteiger charge is -2.26. The zero-order valence-electron chi connectivity index (χ0n) is 9.96. The summed E-state index contributed by atoms with van der Waals surface area (Å²) in [7, 11) is 0. The zero-order chi connectivity index (χ0) is 11.6. The van der Waals surface area contributed by atoms with Gasteiger partial charge in [0.2, 0.25) is 0 Å². The van der Waals surface area contributed by atoms with Crippen molar-refractivity contribution in [3.8, 4) is 11.8 Å². The number of rotatable bonds is 1. The molecule has 0 bridgehead atoms. The molecule has 1 aromatic rings. The molecule has 0 amide bonds. The van der Waals surface area contributed by atoms with Crippen LogP contribution in [-0.2, 0) is 0 Å². The molecule has 1 aliphatic carbocycles. The fourth-order valence-electron chi connectivity index (χ4n) is 1.91. The maximum atomic E-state index is 9.61. The van der Waals surface area contributed by atoms with E-state index in [9.17, 15) is 5.11 Å². The van der Waals surface area contributed by atoms with Crippen molar-refractivity contribution in [2.24, 2.45) is 0 Å². The molecule has 0 spiro atoms. The van der Waals surface area contributed by atoms with Crippen molar-refractivity contribution in [3.63, 3.8) is 0 Å². The predicted molar refractivity (Wildman–Crippen MR) is 66.2 cm³/mol. The second kappa shape index (κ2) is 4.31. The molecule has 1 aromatic carbocycles. The van der Waals surface area contributed by atoms with Crippen molar-refractivity contribution in [2.45, 2.75) is 44.6 Å². The predicted octanol–water partition coefficient (Wildman–Crippen LogP) is 3.08. The first-order valence-electron chi connectivity index (χ1n) is 5.91. The van der Waals surface area contributed by atoms with Gasteiger partial charge in [0.25, 0.3) is 0 Å². The number of hydrogen-bond acceptors (Lipinski definition) is 1. The van der Waals surface area contributed by atoms with E-state index in [-0.39, 0.29) is 0 Å². The van der Waals surface area contributed by atoms with Gasteiger partial charge in [0.1, 0.15) is 5.60 Å². The Morgan fingerprint density at radius 2 is 1.94 bits per heavy atom. The summed E-state index contributed by atoms with van der Waals surface area (Å²) < 4.78 is 0. The van der Waals surface area contributed by atoms with Crippen molar-refractivity contribution in [2.75, 3.05) is 0 Å². The van der Waals surface area contributed by atoms with Crippen molar-refractivity contribution in [1.29, 1.82) is 0 Å². The Hall–Kier alpha value is -1.26. The van der Waals surface area contributed by atoms with Gasteiger partial charge in [-0.15, -0.1) is 0 Å². The van der Waals surface area contributed by atoms with Crippen LogP contribution >= 0.6 is 0 Å². The molecule has 0 unspecified atom stereocenters. The SMILES string of the molecule is CC(C)(O)C#Cc1ccccc1C1CCC1. The molecule has 0 aliphatic heterocycles. The molecule has 1 saturated carbocycles. The molecule has 1 nitrogen and oxygen atoms in total. The van der Waals surface area contributed by atoms with E-state index in [2.05, 4.69) is 24.0 Å². The summed E-state index contributed by atoms with van der Waals surface area (Å²) in [6.07, 6.45) is 3.89. The molecular weight excluding hydrogens is 196 g/mol. The summed E-state index contributed by atoms with van der Waals surface area (Å²) in [5.41, 5.74) is 1.52. The first-order chi connectivity index (χ1) is 7.56. The highest BCUT2D eigenvalue weighted by atomic mass is 16.3. The van der Waals surface area contributed by atoms with Crippen LogP contribution in [0, 0.1) is 11.8 Å². The Balaban J connectivity index is 2.28. The van der Waals surface area contributed by atoms with E-state index in [1.807, 2.05) is 12.1 Å². The summed E-state index contributed by atoms with van der Waals surface area (Å²) in [6, 6.07) is 8.30. The van der Waals surface area contributed by atoms with Crippen molar-refractivity contribution in [1.82, 2.24) is 0 Å². The maximum absolute atomic E-state index is 9.61. The second-order valence-electron chi connectivity index (χ2n) is 5.02. The summed E-state index contributed by atoms with van der Waals surface area (Å²) in [4.78, 5) is 0. The molecule has 0 atom stereocenters. The molecule has 84 valence electrons. The number of benzene rings is 1. The molecule has 0 aromatic heterocycles. The van der Waals surface area contributed by atoms with E-state index >= 15 is 0 Å². The molecule has 0 heterocycles. The minimum absolute atomic E-state index is 0.687. The Labute approximate surface area is 97.5 Å². The van der Waals surface area contributed by atoms with Gasteiger partial charge in [-0.1, -0.05) is 36.5 Å². The molecule has 1 aliphatic rings. The van der Waals surface area contributed by atoms with Crippen LogP contribution in [0.2, 0.25) is 0 Å². The van der Waals surface area contributed by atoms with Crippen molar-refractivity contribution < 1.29 is 5.11 Å². The van der Waals surface area contributed by atoms with Gasteiger partial charge >= 0.3 is 0 Å². The molecule has 1 fully saturated rings. The first-order valence-corrected chi connectivity index (χ1v) is 5.91. The average Bonchev–Trinajstić information content (AvgIpc) is 2.12. The molecule has 0 saturated heterocycles. The smallest absolute Gasteiger partial charge is 0.120 e. The highest BCUT2D eigenvalue weighted by Gasteiger charge is 2.21. The standard InChI is InChI=1S/C15H18O/c1-15(2,16)11-10-13-6-3-4-9-14(13)12-7-5-8-12/h3-4,6,9,12,16H,5,7-8H2,1-2H3. The second-order valence-corrected chi connectivity index (χ2v) is 5.02. The van der Waals surface area contributed by atoms with E-state index in [0.29, 0.717) is 5.92 Å². The lowest BCUT2D eigenvalue weighted by Crippen LogP contribution is -2.15. The van der Waals surface area contributed by atoms with Crippen LogP contribution in [0.3, 0.4) is 0 Å². The van der Waals surface area contributed by atoms with Crippen LogP contribution in [-0.4, -0.2) is 10.7 Å². The lowest BCUT2D eigenvalue weighted by molar-refractivity contribution is 0.143. The Morgan fingerprint density at radius 3 is 2.50 bits per heavy atom. The van der Waals surface area contributed by atoms with Gasteiger partial charge in [0, 0.05) is 5.56 Å². The Kier molecular flexibility index (Phi) is 3.03. The van der Waals surface area contributed by atoms with E-state index in [4.69, 9.17) is 0 Å². The minimum atomic E-state index is -0.910. The third kappa shape index (κ3) is 2.65. The fourth-order valence-corrected chi connectivity index (χ4v) is 1.91. The molecule has 1 N–H and O–H groups in total. The van der Waals surface area contributed by atoms with Gasteiger partial charge in [0.15, 0.2) is 0 Å². The Morgan fingerprint density at radius 1 is 1.25 bits per heavy atom. The van der Waals surface area contributed by atoms with Gasteiger partial charge in [-0.2, -0.15) is 0 Å². The lowest BCUT2D eigenvalue weighted by atomic mass is 9.78. The summed E-state index contributed by atoms with van der Waals surface area (Å²) in [6.45, 7) is 3.43. The summed E-state index contributed by atoms with van der Waals surface area (Å²) in [5.74, 6) is 6.68. The summed E-state index contributed by atoms with van der Waals surface area (Å²) in [5, 5.41) is 9.61. The third-order valence-corrected chi connectivity index (χ3v) is 3.01. The van der Waals surface area contributed by atoms with E-state index < -0.39 is 5.60 Å². The van der Waals surface area contributed by atoms with Crippen LogP contribution in [0.15, 0.2) is 24.3 Å². The fraction of sp³-hybridized carbons (Fsp3) is 0.467. The van der Waals surface area contributed by atoms with Crippen molar-refractivity contribution >= 4 is 0 Å². The highest BCUT2D eigenvalue weighted by Crippen LogP contribution is 2.37. The van der Waals surface area contributed by atoms with Gasteiger partial charge in [-0.25, -0.2) is 0 Å². The molecule has 0 radical (unpaired) electrons. The molecular formula is C15H18O. The largest absolute Gasteiger partial charge is 0.378 e. The minimum Gasteiger partial charge on any atom is -0.378 e. The van der Waals surface area contributed by atoms with Crippen LogP contribution in [0.25, 0.3) is 0 Å². The highest BCUT2D eigenvalue weighted by molar-refractivity contribution is 5.44. The topological polar surface area (TPSA) is 20.2 Å². The summed E-state index contributed by atoms with van der Waals surface area (Å²) >= 11 is 0. The van der Waals surface area contributed by atoms with Crippen LogP contribution in [0.1, 0.15) is 50.2 Å². The number of hydrogen-bond donors (Lipinski definition) is 1. The van der Waals surface area contributed by atoms with Crippen LogP contribution < -0.4 is 0 Å². The maximum Gasteiger partial charge on any atom is 0.120 e.